The molecule has 1 unspecified atom stereocenters. The van der Waals surface area contributed by atoms with E-state index in [-0.39, 0.29) is 11.7 Å². The van der Waals surface area contributed by atoms with Gasteiger partial charge < -0.3 is 4.74 Å². The van der Waals surface area contributed by atoms with Gasteiger partial charge in [-0.1, -0.05) is 23.7 Å². The van der Waals surface area contributed by atoms with Crippen LogP contribution in [0.1, 0.15) is 25.3 Å². The molecule has 1 heterocycles. The molecule has 2 rings (SSSR count). The molecule has 0 aromatic heterocycles. The molecular formula is C13H13ClO2. The summed E-state index contributed by atoms with van der Waals surface area (Å²) in [5.74, 6) is 0.827. The molecule has 2 nitrogen and oxygen atoms in total. The molecule has 0 spiro atoms. The fraction of sp³-hybridized carbons (Fsp3) is 0.308. The number of allylic oxidation sites excluding steroid dienone is 1. The summed E-state index contributed by atoms with van der Waals surface area (Å²) in [7, 11) is 0. The smallest absolute Gasteiger partial charge is 0.159 e. The van der Waals surface area contributed by atoms with E-state index in [1.165, 1.54) is 0 Å². The summed E-state index contributed by atoms with van der Waals surface area (Å²) < 4.78 is 5.45. The highest BCUT2D eigenvalue weighted by molar-refractivity contribution is 6.30. The molecule has 0 saturated carbocycles. The minimum absolute atomic E-state index is 0.0243. The summed E-state index contributed by atoms with van der Waals surface area (Å²) in [5.41, 5.74) is 1.80. The van der Waals surface area contributed by atoms with Crippen LogP contribution in [0.25, 0.3) is 0 Å². The Kier molecular flexibility index (Phi) is 3.01. The average Bonchev–Trinajstić information content (AvgIpc) is 2.60. The first-order chi connectivity index (χ1) is 7.59. The molecule has 1 atom stereocenters. The standard InChI is InChI=1S/C13H13ClO2/c1-8(15)13-9(2)16-7-12(13)10-4-3-5-11(14)6-10/h3-6,12H,7H2,1-2H3. The number of carbonyl (C=O) groups is 1. The zero-order valence-electron chi connectivity index (χ0n) is 9.29. The molecule has 0 radical (unpaired) electrons. The van der Waals surface area contributed by atoms with E-state index in [0.29, 0.717) is 11.6 Å². The lowest BCUT2D eigenvalue weighted by atomic mass is 9.90. The number of rotatable bonds is 2. The first-order valence-corrected chi connectivity index (χ1v) is 5.57. The van der Waals surface area contributed by atoms with Crippen LogP contribution in [-0.4, -0.2) is 12.4 Å². The summed E-state index contributed by atoms with van der Waals surface area (Å²) in [4.78, 5) is 11.6. The van der Waals surface area contributed by atoms with E-state index in [2.05, 4.69) is 0 Å². The topological polar surface area (TPSA) is 26.3 Å². The number of hydrogen-bond donors (Lipinski definition) is 0. The number of benzene rings is 1. The van der Waals surface area contributed by atoms with Gasteiger partial charge in [0.15, 0.2) is 5.78 Å². The fourth-order valence-electron chi connectivity index (χ4n) is 2.09. The Morgan fingerprint density at radius 1 is 1.50 bits per heavy atom. The maximum Gasteiger partial charge on any atom is 0.159 e. The van der Waals surface area contributed by atoms with E-state index >= 15 is 0 Å². The SMILES string of the molecule is CC(=O)C1=C(C)OCC1c1cccc(Cl)c1. The Hall–Kier alpha value is -1.28. The van der Waals surface area contributed by atoms with Crippen LogP contribution in [0.3, 0.4) is 0 Å². The van der Waals surface area contributed by atoms with Gasteiger partial charge in [-0.3, -0.25) is 4.79 Å². The van der Waals surface area contributed by atoms with Gasteiger partial charge >= 0.3 is 0 Å². The molecule has 1 aromatic carbocycles. The third kappa shape index (κ3) is 1.98. The van der Waals surface area contributed by atoms with Crippen LogP contribution >= 0.6 is 11.6 Å². The predicted octanol–water partition coefficient (Wildman–Crippen LogP) is 3.32. The van der Waals surface area contributed by atoms with Crippen LogP contribution in [0.15, 0.2) is 35.6 Å². The van der Waals surface area contributed by atoms with Crippen molar-refractivity contribution in [1.82, 2.24) is 0 Å². The second kappa shape index (κ2) is 4.30. The minimum atomic E-state index is 0.0243. The summed E-state index contributed by atoms with van der Waals surface area (Å²) in [6.07, 6.45) is 0. The van der Waals surface area contributed by atoms with E-state index in [9.17, 15) is 4.79 Å². The molecule has 3 heteroatoms. The van der Waals surface area contributed by atoms with Gasteiger partial charge in [-0.2, -0.15) is 0 Å². The number of carbonyl (C=O) groups excluding carboxylic acids is 1. The van der Waals surface area contributed by atoms with Crippen molar-refractivity contribution in [2.45, 2.75) is 19.8 Å². The van der Waals surface area contributed by atoms with Gasteiger partial charge in [0.2, 0.25) is 0 Å². The van der Waals surface area contributed by atoms with Gasteiger partial charge in [-0.15, -0.1) is 0 Å². The molecular weight excluding hydrogens is 224 g/mol. The number of ketones is 1. The number of ether oxygens (including phenoxy) is 1. The Morgan fingerprint density at radius 2 is 2.25 bits per heavy atom. The zero-order chi connectivity index (χ0) is 11.7. The lowest BCUT2D eigenvalue weighted by Gasteiger charge is -2.11. The van der Waals surface area contributed by atoms with Crippen molar-refractivity contribution in [3.8, 4) is 0 Å². The lowest BCUT2D eigenvalue weighted by molar-refractivity contribution is -0.113. The Morgan fingerprint density at radius 3 is 2.88 bits per heavy atom. The van der Waals surface area contributed by atoms with Gasteiger partial charge in [0.1, 0.15) is 5.76 Å². The lowest BCUT2D eigenvalue weighted by Crippen LogP contribution is -2.08. The van der Waals surface area contributed by atoms with E-state index in [0.717, 1.165) is 16.9 Å². The van der Waals surface area contributed by atoms with Crippen LogP contribution < -0.4 is 0 Å². The molecule has 0 bridgehead atoms. The molecule has 0 fully saturated rings. The zero-order valence-corrected chi connectivity index (χ0v) is 10.0. The third-order valence-electron chi connectivity index (χ3n) is 2.82. The normalized spacial score (nSPS) is 19.8. The Labute approximate surface area is 99.9 Å². The van der Waals surface area contributed by atoms with Crippen molar-refractivity contribution >= 4 is 17.4 Å². The molecule has 0 aliphatic carbocycles. The van der Waals surface area contributed by atoms with E-state index < -0.39 is 0 Å². The summed E-state index contributed by atoms with van der Waals surface area (Å²) >= 11 is 5.95. The van der Waals surface area contributed by atoms with Crippen molar-refractivity contribution in [3.05, 3.63) is 46.2 Å². The van der Waals surface area contributed by atoms with Crippen molar-refractivity contribution in [3.63, 3.8) is 0 Å². The van der Waals surface area contributed by atoms with Gasteiger partial charge in [0.05, 0.1) is 6.61 Å². The molecule has 1 aliphatic heterocycles. The van der Waals surface area contributed by atoms with Gasteiger partial charge in [-0.05, 0) is 31.5 Å². The summed E-state index contributed by atoms with van der Waals surface area (Å²) in [5, 5.41) is 0.685. The number of Topliss-reactive ketones (excluding diaryl/α,β-unsaturated/α-hetero) is 1. The van der Waals surface area contributed by atoms with E-state index in [1.807, 2.05) is 31.2 Å². The Balaban J connectivity index is 2.40. The maximum atomic E-state index is 11.6. The molecule has 0 amide bonds. The molecule has 1 aromatic rings. The van der Waals surface area contributed by atoms with Crippen LogP contribution in [0.4, 0.5) is 0 Å². The van der Waals surface area contributed by atoms with Gasteiger partial charge in [0.25, 0.3) is 0 Å². The molecule has 1 aliphatic rings. The molecule has 0 N–H and O–H groups in total. The number of halogens is 1. The van der Waals surface area contributed by atoms with E-state index in [4.69, 9.17) is 16.3 Å². The predicted molar refractivity (Wildman–Crippen MR) is 63.5 cm³/mol. The van der Waals surface area contributed by atoms with Crippen molar-refractivity contribution in [2.24, 2.45) is 0 Å². The second-order valence-electron chi connectivity index (χ2n) is 3.94. The Bertz CT molecular complexity index is 463. The highest BCUT2D eigenvalue weighted by Gasteiger charge is 2.29. The highest BCUT2D eigenvalue weighted by atomic mass is 35.5. The summed E-state index contributed by atoms with van der Waals surface area (Å²) in [6.45, 7) is 3.94. The molecule has 84 valence electrons. The highest BCUT2D eigenvalue weighted by Crippen LogP contribution is 2.34. The monoisotopic (exact) mass is 236 g/mol. The first kappa shape index (κ1) is 11.2. The van der Waals surface area contributed by atoms with Gasteiger partial charge in [-0.25, -0.2) is 0 Å². The average molecular weight is 237 g/mol. The summed E-state index contributed by atoms with van der Waals surface area (Å²) in [6, 6.07) is 7.58. The van der Waals surface area contributed by atoms with Crippen LogP contribution in [0, 0.1) is 0 Å². The molecule has 16 heavy (non-hydrogen) atoms. The van der Waals surface area contributed by atoms with Crippen molar-refractivity contribution in [1.29, 1.82) is 0 Å². The maximum absolute atomic E-state index is 11.6. The number of hydrogen-bond acceptors (Lipinski definition) is 2. The minimum Gasteiger partial charge on any atom is -0.497 e. The van der Waals surface area contributed by atoms with Crippen LogP contribution in [0.5, 0.6) is 0 Å². The molecule has 0 saturated heterocycles. The van der Waals surface area contributed by atoms with Crippen molar-refractivity contribution in [2.75, 3.05) is 6.61 Å². The largest absolute Gasteiger partial charge is 0.497 e. The van der Waals surface area contributed by atoms with Crippen LogP contribution in [-0.2, 0) is 9.53 Å². The third-order valence-corrected chi connectivity index (χ3v) is 3.06. The first-order valence-electron chi connectivity index (χ1n) is 5.19. The van der Waals surface area contributed by atoms with Crippen molar-refractivity contribution < 1.29 is 9.53 Å². The fourth-order valence-corrected chi connectivity index (χ4v) is 2.29. The van der Waals surface area contributed by atoms with E-state index in [1.54, 1.807) is 6.92 Å². The quantitative estimate of drug-likeness (QED) is 0.788. The second-order valence-corrected chi connectivity index (χ2v) is 4.38. The van der Waals surface area contributed by atoms with Crippen LogP contribution in [0.2, 0.25) is 5.02 Å². The van der Waals surface area contributed by atoms with Gasteiger partial charge in [0, 0.05) is 16.5 Å².